The van der Waals surface area contributed by atoms with Crippen LogP contribution in [0.25, 0.3) is 0 Å². The fraction of sp³-hybridized carbons (Fsp3) is 0.333. The van der Waals surface area contributed by atoms with Crippen molar-refractivity contribution in [3.05, 3.63) is 58.1 Å². The van der Waals surface area contributed by atoms with Gasteiger partial charge >= 0.3 is 0 Å². The van der Waals surface area contributed by atoms with Gasteiger partial charge in [-0.25, -0.2) is 0 Å². The second kappa shape index (κ2) is 7.65. The van der Waals surface area contributed by atoms with Gasteiger partial charge in [-0.1, -0.05) is 34.1 Å². The Kier molecular flexibility index (Phi) is 5.86. The summed E-state index contributed by atoms with van der Waals surface area (Å²) in [5.74, 6) is 1.69. The quantitative estimate of drug-likeness (QED) is 0.793. The molecule has 0 aliphatic heterocycles. The van der Waals surface area contributed by atoms with Gasteiger partial charge in [0.25, 0.3) is 0 Å². The SMILES string of the molecule is COc1ccc(OC)c(C(C)NC(C)c2ccccc2Br)c1. The van der Waals surface area contributed by atoms with Crippen molar-refractivity contribution in [2.24, 2.45) is 0 Å². The molecule has 0 aliphatic rings. The number of rotatable bonds is 6. The van der Waals surface area contributed by atoms with E-state index >= 15 is 0 Å². The van der Waals surface area contributed by atoms with Crippen LogP contribution in [-0.2, 0) is 0 Å². The fourth-order valence-corrected chi connectivity index (χ4v) is 3.19. The zero-order valence-corrected chi connectivity index (χ0v) is 15.0. The summed E-state index contributed by atoms with van der Waals surface area (Å²) in [4.78, 5) is 0. The highest BCUT2D eigenvalue weighted by Gasteiger charge is 2.17. The van der Waals surface area contributed by atoms with Crippen LogP contribution in [0.15, 0.2) is 46.9 Å². The lowest BCUT2D eigenvalue weighted by molar-refractivity contribution is 0.387. The molecule has 0 saturated heterocycles. The number of ether oxygens (including phenoxy) is 2. The highest BCUT2D eigenvalue weighted by atomic mass is 79.9. The van der Waals surface area contributed by atoms with E-state index in [-0.39, 0.29) is 12.1 Å². The van der Waals surface area contributed by atoms with E-state index in [9.17, 15) is 0 Å². The van der Waals surface area contributed by atoms with Crippen LogP contribution in [0.1, 0.15) is 37.1 Å². The Morgan fingerprint density at radius 3 is 2.23 bits per heavy atom. The van der Waals surface area contributed by atoms with Crippen molar-refractivity contribution >= 4 is 15.9 Å². The van der Waals surface area contributed by atoms with Crippen LogP contribution >= 0.6 is 15.9 Å². The Morgan fingerprint density at radius 1 is 0.909 bits per heavy atom. The summed E-state index contributed by atoms with van der Waals surface area (Å²) in [6.45, 7) is 4.29. The third-order valence-electron chi connectivity index (χ3n) is 3.78. The topological polar surface area (TPSA) is 30.5 Å². The predicted molar refractivity (Wildman–Crippen MR) is 93.7 cm³/mol. The van der Waals surface area contributed by atoms with E-state index < -0.39 is 0 Å². The molecule has 0 bridgehead atoms. The number of hydrogen-bond acceptors (Lipinski definition) is 3. The normalized spacial score (nSPS) is 13.5. The molecule has 0 amide bonds. The molecule has 0 aromatic heterocycles. The van der Waals surface area contributed by atoms with Crippen LogP contribution in [0, 0.1) is 0 Å². The van der Waals surface area contributed by atoms with Crippen molar-refractivity contribution in [3.8, 4) is 11.5 Å². The predicted octanol–water partition coefficient (Wildman–Crippen LogP) is 4.88. The Bertz CT molecular complexity index is 630. The van der Waals surface area contributed by atoms with Crippen LogP contribution in [-0.4, -0.2) is 14.2 Å². The summed E-state index contributed by atoms with van der Waals surface area (Å²) in [6.07, 6.45) is 0. The summed E-state index contributed by atoms with van der Waals surface area (Å²) < 4.78 is 11.9. The van der Waals surface area contributed by atoms with Crippen LogP contribution in [0.4, 0.5) is 0 Å². The molecule has 0 heterocycles. The molecule has 0 spiro atoms. The lowest BCUT2D eigenvalue weighted by Crippen LogP contribution is -2.23. The first-order valence-corrected chi connectivity index (χ1v) is 8.08. The first kappa shape index (κ1) is 16.8. The van der Waals surface area contributed by atoms with E-state index in [2.05, 4.69) is 53.3 Å². The Balaban J connectivity index is 2.21. The van der Waals surface area contributed by atoms with Gasteiger partial charge in [-0.15, -0.1) is 0 Å². The van der Waals surface area contributed by atoms with Crippen molar-refractivity contribution in [2.45, 2.75) is 25.9 Å². The number of benzene rings is 2. The molecular weight excluding hydrogens is 342 g/mol. The van der Waals surface area contributed by atoms with E-state index in [1.54, 1.807) is 14.2 Å². The summed E-state index contributed by atoms with van der Waals surface area (Å²) in [5.41, 5.74) is 2.32. The zero-order valence-electron chi connectivity index (χ0n) is 13.4. The Morgan fingerprint density at radius 2 is 1.59 bits per heavy atom. The van der Waals surface area contributed by atoms with Crippen LogP contribution in [0.3, 0.4) is 0 Å². The van der Waals surface area contributed by atoms with Gasteiger partial charge in [0.2, 0.25) is 0 Å². The third-order valence-corrected chi connectivity index (χ3v) is 4.50. The van der Waals surface area contributed by atoms with Gasteiger partial charge in [-0.3, -0.25) is 0 Å². The largest absolute Gasteiger partial charge is 0.497 e. The van der Waals surface area contributed by atoms with Gasteiger partial charge in [0.15, 0.2) is 0 Å². The summed E-state index contributed by atoms with van der Waals surface area (Å²) >= 11 is 3.61. The molecule has 0 saturated carbocycles. The highest BCUT2D eigenvalue weighted by Crippen LogP contribution is 2.31. The maximum absolute atomic E-state index is 5.47. The summed E-state index contributed by atoms with van der Waals surface area (Å²) in [5, 5.41) is 3.61. The molecule has 4 heteroatoms. The van der Waals surface area contributed by atoms with E-state index in [4.69, 9.17) is 9.47 Å². The highest BCUT2D eigenvalue weighted by molar-refractivity contribution is 9.10. The minimum atomic E-state index is 0.132. The fourth-order valence-electron chi connectivity index (χ4n) is 2.56. The molecule has 3 nitrogen and oxygen atoms in total. The average molecular weight is 364 g/mol. The molecule has 2 atom stereocenters. The number of methoxy groups -OCH3 is 2. The smallest absolute Gasteiger partial charge is 0.123 e. The summed E-state index contributed by atoms with van der Waals surface area (Å²) in [6, 6.07) is 14.5. The molecule has 1 N–H and O–H groups in total. The number of nitrogens with one attached hydrogen (secondary N) is 1. The average Bonchev–Trinajstić information content (AvgIpc) is 2.54. The second-order valence-electron chi connectivity index (χ2n) is 5.24. The molecule has 2 rings (SSSR count). The van der Waals surface area contributed by atoms with Gasteiger partial charge in [-0.2, -0.15) is 0 Å². The van der Waals surface area contributed by atoms with E-state index in [0.717, 1.165) is 21.5 Å². The molecule has 2 aromatic rings. The van der Waals surface area contributed by atoms with Crippen molar-refractivity contribution in [2.75, 3.05) is 14.2 Å². The zero-order chi connectivity index (χ0) is 16.1. The van der Waals surface area contributed by atoms with Gasteiger partial charge < -0.3 is 14.8 Å². The van der Waals surface area contributed by atoms with E-state index in [1.165, 1.54) is 5.56 Å². The van der Waals surface area contributed by atoms with Crippen molar-refractivity contribution in [1.29, 1.82) is 0 Å². The molecule has 2 unspecified atom stereocenters. The Labute approximate surface area is 140 Å². The monoisotopic (exact) mass is 363 g/mol. The van der Waals surface area contributed by atoms with Crippen LogP contribution in [0.2, 0.25) is 0 Å². The molecule has 0 radical (unpaired) electrons. The number of halogens is 1. The minimum Gasteiger partial charge on any atom is -0.497 e. The molecule has 2 aromatic carbocycles. The van der Waals surface area contributed by atoms with E-state index in [1.807, 2.05) is 24.3 Å². The standard InChI is InChI=1S/C18H22BrNO2/c1-12(15-7-5-6-8-17(15)19)20-13(2)16-11-14(21-3)9-10-18(16)22-4/h5-13,20H,1-4H3. The van der Waals surface area contributed by atoms with Crippen molar-refractivity contribution in [1.82, 2.24) is 5.32 Å². The second-order valence-corrected chi connectivity index (χ2v) is 6.09. The van der Waals surface area contributed by atoms with Crippen LogP contribution in [0.5, 0.6) is 11.5 Å². The maximum Gasteiger partial charge on any atom is 0.123 e. The van der Waals surface area contributed by atoms with Gasteiger partial charge in [0.1, 0.15) is 11.5 Å². The first-order valence-electron chi connectivity index (χ1n) is 7.29. The minimum absolute atomic E-state index is 0.132. The van der Waals surface area contributed by atoms with Gasteiger partial charge in [0, 0.05) is 22.1 Å². The molecule has 118 valence electrons. The third kappa shape index (κ3) is 3.81. The molecule has 22 heavy (non-hydrogen) atoms. The lowest BCUT2D eigenvalue weighted by Gasteiger charge is -2.23. The maximum atomic E-state index is 5.47. The molecule has 0 fully saturated rings. The summed E-state index contributed by atoms with van der Waals surface area (Å²) in [7, 11) is 3.36. The van der Waals surface area contributed by atoms with Gasteiger partial charge in [0.05, 0.1) is 14.2 Å². The molecular formula is C18H22BrNO2. The van der Waals surface area contributed by atoms with Gasteiger partial charge in [-0.05, 0) is 43.7 Å². The van der Waals surface area contributed by atoms with Crippen molar-refractivity contribution < 1.29 is 9.47 Å². The molecule has 0 aliphatic carbocycles. The first-order chi connectivity index (χ1) is 10.6. The van der Waals surface area contributed by atoms with Crippen molar-refractivity contribution in [3.63, 3.8) is 0 Å². The Hall–Kier alpha value is -1.52. The van der Waals surface area contributed by atoms with Crippen LogP contribution < -0.4 is 14.8 Å². The van der Waals surface area contributed by atoms with E-state index in [0.29, 0.717) is 0 Å². The number of hydrogen-bond donors (Lipinski definition) is 1. The lowest BCUT2D eigenvalue weighted by atomic mass is 10.0.